The van der Waals surface area contributed by atoms with E-state index >= 15 is 0 Å². The smallest absolute Gasteiger partial charge is 0.423 e. The molecule has 1 saturated heterocycles. The lowest BCUT2D eigenvalue weighted by molar-refractivity contribution is -0.137. The predicted octanol–water partition coefficient (Wildman–Crippen LogP) is 3.58. The van der Waals surface area contributed by atoms with Crippen molar-refractivity contribution >= 4 is 57.0 Å². The molecule has 4 unspecified atom stereocenters. The Kier molecular flexibility index (Phi) is 5.91. The van der Waals surface area contributed by atoms with Gasteiger partial charge in [-0.15, -0.1) is 0 Å². The third-order valence-corrected chi connectivity index (χ3v) is 8.17. The topological polar surface area (TPSA) is 127 Å². The number of halogens is 2. The molecule has 1 heterocycles. The Bertz CT molecular complexity index is 1380. The Morgan fingerprint density at radius 2 is 1.86 bits per heavy atom. The van der Waals surface area contributed by atoms with Crippen LogP contribution in [0.15, 0.2) is 45.5 Å². The van der Waals surface area contributed by atoms with Gasteiger partial charge in [-0.3, -0.25) is 19.2 Å². The number of fused-ring (bicyclic) bond motifs is 3. The maximum atomic E-state index is 13.3. The third-order valence-electron chi connectivity index (χ3n) is 7.29. The van der Waals surface area contributed by atoms with Crippen LogP contribution in [0.2, 0.25) is 5.02 Å². The number of phenols is 1. The van der Waals surface area contributed by atoms with E-state index in [2.05, 4.69) is 20.7 Å². The number of likely N-dealkylation sites (tertiary alicyclic amines) is 1. The molecule has 9 nitrogen and oxygen atoms in total. The van der Waals surface area contributed by atoms with Gasteiger partial charge in [-0.25, -0.2) is 4.79 Å². The van der Waals surface area contributed by atoms with Crippen molar-refractivity contribution in [3.8, 4) is 11.5 Å². The molecule has 1 aromatic carbocycles. The van der Waals surface area contributed by atoms with Crippen molar-refractivity contribution in [2.45, 2.75) is 18.8 Å². The molecule has 3 aliphatic carbocycles. The molecule has 4 aliphatic rings. The molecule has 0 aromatic heterocycles. The summed E-state index contributed by atoms with van der Waals surface area (Å²) < 4.78 is 9.99. The van der Waals surface area contributed by atoms with E-state index in [0.717, 1.165) is 7.11 Å². The Labute approximate surface area is 218 Å². The van der Waals surface area contributed by atoms with Crippen LogP contribution in [0.4, 0.5) is 4.79 Å². The van der Waals surface area contributed by atoms with Gasteiger partial charge >= 0.3 is 6.09 Å². The van der Waals surface area contributed by atoms with E-state index in [1.807, 2.05) is 0 Å². The van der Waals surface area contributed by atoms with Crippen LogP contribution in [0.3, 0.4) is 0 Å². The van der Waals surface area contributed by atoms with E-state index in [1.54, 1.807) is 6.08 Å². The van der Waals surface area contributed by atoms with Gasteiger partial charge in [-0.1, -0.05) is 23.3 Å². The number of rotatable bonds is 2. The molecule has 0 radical (unpaired) electrons. The van der Waals surface area contributed by atoms with Gasteiger partial charge in [0, 0.05) is 23.1 Å². The predicted molar refractivity (Wildman–Crippen MR) is 129 cm³/mol. The molecule has 5 rings (SSSR count). The number of ether oxygens (including phenoxy) is 2. The average molecular weight is 577 g/mol. The van der Waals surface area contributed by atoms with Gasteiger partial charge in [0.2, 0.25) is 11.8 Å². The molecular weight excluding hydrogens is 558 g/mol. The second-order valence-corrected chi connectivity index (χ2v) is 10.2. The largest absolute Gasteiger partial charge is 0.503 e. The van der Waals surface area contributed by atoms with E-state index in [-0.39, 0.29) is 50.8 Å². The van der Waals surface area contributed by atoms with Crippen LogP contribution in [0.25, 0.3) is 0 Å². The van der Waals surface area contributed by atoms with Crippen molar-refractivity contribution in [3.63, 3.8) is 0 Å². The third kappa shape index (κ3) is 3.38. The summed E-state index contributed by atoms with van der Waals surface area (Å²) in [6, 6.07) is 3.01. The number of ketones is 2. The number of imide groups is 3. The van der Waals surface area contributed by atoms with Crippen molar-refractivity contribution in [1.29, 1.82) is 0 Å². The van der Waals surface area contributed by atoms with E-state index < -0.39 is 47.4 Å². The summed E-state index contributed by atoms with van der Waals surface area (Å²) in [6.07, 6.45) is 2.16. The number of Topliss-reactive ketones (excluding diaryl/α,β-unsaturated/α-hetero) is 1. The highest BCUT2D eigenvalue weighted by Gasteiger charge is 2.58. The van der Waals surface area contributed by atoms with E-state index in [1.165, 1.54) is 25.3 Å². The van der Waals surface area contributed by atoms with Gasteiger partial charge in [-0.05, 0) is 52.4 Å². The summed E-state index contributed by atoms with van der Waals surface area (Å²) in [6.45, 7) is 0. The molecular formula is C25H19BrClNO8. The number of benzene rings is 1. The molecule has 0 spiro atoms. The first-order valence-corrected chi connectivity index (χ1v) is 12.2. The molecule has 1 N–H and O–H groups in total. The molecule has 0 saturated carbocycles. The number of carbonyl (C=O) groups is 5. The highest BCUT2D eigenvalue weighted by Crippen LogP contribution is 2.56. The zero-order valence-electron chi connectivity index (χ0n) is 19.0. The lowest BCUT2D eigenvalue weighted by atomic mass is 9.59. The van der Waals surface area contributed by atoms with Crippen molar-refractivity contribution in [1.82, 2.24) is 4.90 Å². The number of methoxy groups -OCH3 is 2. The second-order valence-electron chi connectivity index (χ2n) is 8.93. The fourth-order valence-electron chi connectivity index (χ4n) is 5.77. The summed E-state index contributed by atoms with van der Waals surface area (Å²) >= 11 is 9.42. The highest BCUT2D eigenvalue weighted by atomic mass is 79.9. The van der Waals surface area contributed by atoms with Gasteiger partial charge in [-0.2, -0.15) is 4.90 Å². The number of hydrogen-bond acceptors (Lipinski definition) is 8. The van der Waals surface area contributed by atoms with Crippen LogP contribution >= 0.6 is 27.5 Å². The fraction of sp³-hybridized carbons (Fsp3) is 0.320. The molecule has 36 heavy (non-hydrogen) atoms. The number of nitrogens with zero attached hydrogens (tertiary/aromatic N) is 1. The van der Waals surface area contributed by atoms with E-state index in [4.69, 9.17) is 16.3 Å². The van der Waals surface area contributed by atoms with Crippen LogP contribution in [-0.2, 0) is 23.9 Å². The van der Waals surface area contributed by atoms with Crippen LogP contribution in [0, 0.1) is 17.8 Å². The molecule has 1 fully saturated rings. The van der Waals surface area contributed by atoms with Crippen LogP contribution < -0.4 is 4.74 Å². The maximum absolute atomic E-state index is 13.3. The number of carbonyl (C=O) groups excluding carboxylic acids is 5. The summed E-state index contributed by atoms with van der Waals surface area (Å²) in [5.41, 5.74) is 1.61. The minimum Gasteiger partial charge on any atom is -0.503 e. The van der Waals surface area contributed by atoms with Gasteiger partial charge in [0.15, 0.2) is 23.1 Å². The average Bonchev–Trinajstić information content (AvgIpc) is 3.12. The molecule has 11 heteroatoms. The first kappa shape index (κ1) is 24.5. The lowest BCUT2D eigenvalue weighted by Crippen LogP contribution is -2.40. The molecule has 186 valence electrons. The molecule has 0 bridgehead atoms. The molecule has 1 aromatic rings. The van der Waals surface area contributed by atoms with Crippen molar-refractivity contribution in [3.05, 3.63) is 56.1 Å². The summed E-state index contributed by atoms with van der Waals surface area (Å²) in [5, 5.41) is 10.2. The summed E-state index contributed by atoms with van der Waals surface area (Å²) in [5.74, 6) is -5.43. The number of hydrogen-bond donors (Lipinski definition) is 1. The SMILES string of the molecule is COC(=O)N1C(=O)C2CC=C3C(c4cc(Cl)c(O)c(OC)c4)C4=C(CC3C2C1=O)C(=O)C(Br)=CC4=O. The Balaban J connectivity index is 1.71. The minimum atomic E-state index is -1.06. The Hall–Kier alpha value is -3.24. The first-order valence-electron chi connectivity index (χ1n) is 11.0. The van der Waals surface area contributed by atoms with E-state index in [9.17, 15) is 29.1 Å². The Morgan fingerprint density at radius 3 is 2.53 bits per heavy atom. The van der Waals surface area contributed by atoms with Gasteiger partial charge in [0.05, 0.1) is 35.6 Å². The zero-order chi connectivity index (χ0) is 26.0. The highest BCUT2D eigenvalue weighted by molar-refractivity contribution is 9.12. The van der Waals surface area contributed by atoms with Crippen molar-refractivity contribution in [2.75, 3.05) is 14.2 Å². The number of amides is 3. The Morgan fingerprint density at radius 1 is 1.14 bits per heavy atom. The minimum absolute atomic E-state index is 0.0156. The monoisotopic (exact) mass is 575 g/mol. The fourth-order valence-corrected chi connectivity index (χ4v) is 6.44. The quantitative estimate of drug-likeness (QED) is 0.322. The summed E-state index contributed by atoms with van der Waals surface area (Å²) in [7, 11) is 2.44. The maximum Gasteiger partial charge on any atom is 0.423 e. The van der Waals surface area contributed by atoms with Gasteiger partial charge < -0.3 is 14.6 Å². The number of allylic oxidation sites excluding steroid dienone is 6. The first-order chi connectivity index (χ1) is 17.1. The van der Waals surface area contributed by atoms with Gasteiger partial charge in [0.25, 0.3) is 0 Å². The normalized spacial score (nSPS) is 27.3. The number of aromatic hydroxyl groups is 1. The van der Waals surface area contributed by atoms with E-state index in [0.29, 0.717) is 16.0 Å². The van der Waals surface area contributed by atoms with Crippen LogP contribution in [-0.4, -0.2) is 53.7 Å². The lowest BCUT2D eigenvalue weighted by Gasteiger charge is -2.42. The molecule has 3 amide bonds. The van der Waals surface area contributed by atoms with Crippen molar-refractivity contribution in [2.24, 2.45) is 17.8 Å². The molecule has 4 atom stereocenters. The standard InChI is InChI=1S/C25H19BrClNO8/c1-35-17-6-9(5-15(27)22(17)31)18-10-3-4-11-19(24(33)28(23(11)32)25(34)36-2)12(10)7-13-20(18)16(29)8-14(26)21(13)30/h3,5-6,8,11-12,18-19,31H,4,7H2,1-2H3. The van der Waals surface area contributed by atoms with Gasteiger partial charge in [0.1, 0.15) is 0 Å². The molecule has 1 aliphatic heterocycles. The van der Waals surface area contributed by atoms with Crippen LogP contribution in [0.1, 0.15) is 24.3 Å². The second kappa shape index (κ2) is 8.70. The number of phenolic OH excluding ortho intramolecular Hbond substituents is 1. The van der Waals surface area contributed by atoms with Crippen LogP contribution in [0.5, 0.6) is 11.5 Å². The summed E-state index contributed by atoms with van der Waals surface area (Å²) in [4.78, 5) is 65.4. The van der Waals surface area contributed by atoms with Crippen molar-refractivity contribution < 1.29 is 38.6 Å². The zero-order valence-corrected chi connectivity index (χ0v) is 21.4.